The Morgan fingerprint density at radius 3 is 2.77 bits per heavy atom. The molecule has 0 radical (unpaired) electrons. The summed E-state index contributed by atoms with van der Waals surface area (Å²) in [5.74, 6) is -0.270. The minimum Gasteiger partial charge on any atom is -0.479 e. The van der Waals surface area contributed by atoms with Gasteiger partial charge in [0.05, 0.1) is 11.1 Å². The van der Waals surface area contributed by atoms with Crippen LogP contribution in [0.1, 0.15) is 6.92 Å². The van der Waals surface area contributed by atoms with Gasteiger partial charge in [0, 0.05) is 6.20 Å². The van der Waals surface area contributed by atoms with Crippen molar-refractivity contribution in [3.8, 4) is 5.75 Å². The summed E-state index contributed by atoms with van der Waals surface area (Å²) in [4.78, 5) is 15.0. The highest BCUT2D eigenvalue weighted by Crippen LogP contribution is 2.32. The Hall–Kier alpha value is -1.62. The second-order valence-electron chi connectivity index (χ2n) is 3.67. The van der Waals surface area contributed by atoms with Crippen molar-refractivity contribution >= 4 is 45.2 Å². The number of carbonyl (C=O) groups excluding carboxylic acids is 1. The van der Waals surface area contributed by atoms with Gasteiger partial charge in [0.2, 0.25) is 0 Å². The number of ether oxygens (including phenoxy) is 2. The van der Waals surface area contributed by atoms with Gasteiger partial charge in [0.25, 0.3) is 0 Å². The van der Waals surface area contributed by atoms with Crippen LogP contribution in [-0.4, -0.2) is 35.6 Å². The minimum absolute atomic E-state index is 0.0829. The van der Waals surface area contributed by atoms with Gasteiger partial charge in [-0.2, -0.15) is 13.2 Å². The van der Waals surface area contributed by atoms with Crippen LogP contribution in [0.2, 0.25) is 0 Å². The molecule has 11 heteroatoms. The second-order valence-corrected chi connectivity index (χ2v) is 4.94. The van der Waals surface area contributed by atoms with Crippen molar-refractivity contribution in [1.29, 1.82) is 0 Å². The van der Waals surface area contributed by atoms with E-state index in [-0.39, 0.29) is 27.8 Å². The first-order chi connectivity index (χ1) is 10.2. The summed E-state index contributed by atoms with van der Waals surface area (Å²) in [7, 11) is 0. The fourth-order valence-electron chi connectivity index (χ4n) is 1.20. The smallest absolute Gasteiger partial charge is 0.422 e. The average molecular weight is 402 g/mol. The van der Waals surface area contributed by atoms with Crippen molar-refractivity contribution < 1.29 is 27.4 Å². The maximum Gasteiger partial charge on any atom is 0.422 e. The molecule has 0 aromatic carbocycles. The van der Waals surface area contributed by atoms with E-state index in [0.29, 0.717) is 0 Å². The van der Waals surface area contributed by atoms with E-state index in [4.69, 9.17) is 12.2 Å². The van der Waals surface area contributed by atoms with Crippen molar-refractivity contribution in [3.63, 3.8) is 0 Å². The number of amides is 1. The predicted molar refractivity (Wildman–Crippen MR) is 79.9 cm³/mol. The number of alkyl carbamates (subject to hydrolysis) is 1. The highest BCUT2D eigenvalue weighted by Gasteiger charge is 2.29. The van der Waals surface area contributed by atoms with E-state index in [1.807, 2.05) is 0 Å². The third-order valence-corrected chi connectivity index (χ3v) is 2.79. The van der Waals surface area contributed by atoms with Crippen LogP contribution >= 0.6 is 28.1 Å². The molecule has 0 aliphatic carbocycles. The highest BCUT2D eigenvalue weighted by atomic mass is 79.9. The average Bonchev–Trinajstić information content (AvgIpc) is 2.36. The maximum absolute atomic E-state index is 12.2. The Balaban J connectivity index is 2.79. The molecule has 0 atom stereocenters. The van der Waals surface area contributed by atoms with Crippen LogP contribution in [-0.2, 0) is 4.74 Å². The molecule has 1 amide bonds. The summed E-state index contributed by atoms with van der Waals surface area (Å²) in [6.45, 7) is 0.253. The van der Waals surface area contributed by atoms with Gasteiger partial charge in [-0.3, -0.25) is 5.32 Å². The number of alkyl halides is 3. The van der Waals surface area contributed by atoms with E-state index < -0.39 is 18.9 Å². The maximum atomic E-state index is 12.2. The Bertz CT molecular complexity index is 557. The van der Waals surface area contributed by atoms with Crippen molar-refractivity contribution in [2.45, 2.75) is 13.1 Å². The number of pyridine rings is 1. The van der Waals surface area contributed by atoms with Crippen LogP contribution in [0.25, 0.3) is 0 Å². The lowest BCUT2D eigenvalue weighted by atomic mass is 10.4. The number of hydrogen-bond acceptors (Lipinski definition) is 5. The van der Waals surface area contributed by atoms with Gasteiger partial charge >= 0.3 is 12.3 Å². The second kappa shape index (κ2) is 8.13. The molecule has 0 unspecified atom stereocenters. The fraction of sp³-hybridized carbons (Fsp3) is 0.364. The van der Waals surface area contributed by atoms with Crippen LogP contribution in [0.4, 0.5) is 23.8 Å². The number of aromatic nitrogens is 1. The summed E-state index contributed by atoms with van der Waals surface area (Å²) in [5.41, 5.74) is 0. The van der Waals surface area contributed by atoms with Crippen molar-refractivity contribution in [3.05, 3.63) is 16.7 Å². The molecule has 122 valence electrons. The number of carbonyl (C=O) groups is 1. The quantitative estimate of drug-likeness (QED) is 0.754. The fourth-order valence-corrected chi connectivity index (χ4v) is 1.80. The zero-order chi connectivity index (χ0) is 16.8. The molecule has 0 saturated carbocycles. The lowest BCUT2D eigenvalue weighted by Gasteiger charge is -2.15. The summed E-state index contributed by atoms with van der Waals surface area (Å²) in [6.07, 6.45) is -3.98. The Morgan fingerprint density at radius 2 is 2.18 bits per heavy atom. The standard InChI is InChI=1S/C11H11BrF3N3O3S/c1-2-20-10(19)18-9(22)17-8-7(6(12)3-4-16-8)21-5-11(13,14)15/h3-4H,2,5H2,1H3,(H2,16,17,18,19,22). The summed E-state index contributed by atoms with van der Waals surface area (Å²) >= 11 is 7.88. The molecule has 22 heavy (non-hydrogen) atoms. The molecule has 0 spiro atoms. The molecule has 1 aromatic rings. The molecule has 2 N–H and O–H groups in total. The normalized spacial score (nSPS) is 10.8. The van der Waals surface area contributed by atoms with Crippen molar-refractivity contribution in [2.24, 2.45) is 0 Å². The van der Waals surface area contributed by atoms with Crippen LogP contribution in [0.5, 0.6) is 5.75 Å². The Morgan fingerprint density at radius 1 is 1.50 bits per heavy atom. The molecule has 0 bridgehead atoms. The SMILES string of the molecule is CCOC(=O)NC(=S)Nc1nccc(Br)c1OCC(F)(F)F. The minimum atomic E-state index is -4.50. The lowest BCUT2D eigenvalue weighted by molar-refractivity contribution is -0.153. The Kier molecular flexibility index (Phi) is 6.81. The lowest BCUT2D eigenvalue weighted by Crippen LogP contribution is -2.35. The first-order valence-electron chi connectivity index (χ1n) is 5.81. The van der Waals surface area contributed by atoms with Gasteiger partial charge in [-0.1, -0.05) is 0 Å². The monoisotopic (exact) mass is 401 g/mol. The van der Waals surface area contributed by atoms with E-state index in [9.17, 15) is 18.0 Å². The Labute approximate surface area is 137 Å². The number of thiocarbonyl (C=S) groups is 1. The van der Waals surface area contributed by atoms with Gasteiger partial charge in [0.15, 0.2) is 23.3 Å². The topological polar surface area (TPSA) is 72.5 Å². The third-order valence-electron chi connectivity index (χ3n) is 1.96. The molecule has 0 fully saturated rings. The zero-order valence-electron chi connectivity index (χ0n) is 11.2. The predicted octanol–water partition coefficient (Wildman–Crippen LogP) is 3.23. The first kappa shape index (κ1) is 18.4. The molecule has 0 aliphatic rings. The molecular weight excluding hydrogens is 391 g/mol. The van der Waals surface area contributed by atoms with Crippen LogP contribution in [0.3, 0.4) is 0 Å². The third kappa shape index (κ3) is 6.43. The molecule has 6 nitrogen and oxygen atoms in total. The molecule has 1 rings (SSSR count). The number of halogens is 4. The zero-order valence-corrected chi connectivity index (χ0v) is 13.6. The van der Waals surface area contributed by atoms with Crippen molar-refractivity contribution in [2.75, 3.05) is 18.5 Å². The number of nitrogens with zero attached hydrogens (tertiary/aromatic N) is 1. The first-order valence-corrected chi connectivity index (χ1v) is 7.02. The molecule has 0 aliphatic heterocycles. The number of anilines is 1. The number of hydrogen-bond donors (Lipinski definition) is 2. The summed E-state index contributed by atoms with van der Waals surface area (Å²) < 4.78 is 46.3. The summed E-state index contributed by atoms with van der Waals surface area (Å²) in [5, 5.41) is 4.44. The number of rotatable bonds is 4. The van der Waals surface area contributed by atoms with E-state index in [0.717, 1.165) is 0 Å². The summed E-state index contributed by atoms with van der Waals surface area (Å²) in [6, 6.07) is 1.40. The number of nitrogens with one attached hydrogen (secondary N) is 2. The van der Waals surface area contributed by atoms with E-state index in [2.05, 4.69) is 41.0 Å². The largest absolute Gasteiger partial charge is 0.479 e. The molecule has 1 heterocycles. The van der Waals surface area contributed by atoms with Crippen LogP contribution in [0, 0.1) is 0 Å². The van der Waals surface area contributed by atoms with Gasteiger partial charge in [-0.15, -0.1) is 0 Å². The van der Waals surface area contributed by atoms with Gasteiger partial charge in [0.1, 0.15) is 0 Å². The molecule has 1 aromatic heterocycles. The van der Waals surface area contributed by atoms with Gasteiger partial charge in [-0.05, 0) is 41.1 Å². The van der Waals surface area contributed by atoms with Crippen LogP contribution < -0.4 is 15.4 Å². The van der Waals surface area contributed by atoms with E-state index in [1.54, 1.807) is 6.92 Å². The molecular formula is C11H11BrF3N3O3S. The van der Waals surface area contributed by atoms with Crippen LogP contribution in [0.15, 0.2) is 16.7 Å². The van der Waals surface area contributed by atoms with Gasteiger partial charge in [-0.25, -0.2) is 9.78 Å². The molecule has 0 saturated heterocycles. The van der Waals surface area contributed by atoms with Gasteiger partial charge < -0.3 is 14.8 Å². The van der Waals surface area contributed by atoms with E-state index >= 15 is 0 Å². The van der Waals surface area contributed by atoms with Crippen molar-refractivity contribution in [1.82, 2.24) is 10.3 Å². The van der Waals surface area contributed by atoms with E-state index in [1.165, 1.54) is 12.3 Å². The highest BCUT2D eigenvalue weighted by molar-refractivity contribution is 9.10.